The molecule has 0 unspecified atom stereocenters. The largest absolute Gasteiger partial charge is 0.506 e. The number of carbonyl (C=O) groups excluding carboxylic acids is 1. The number of rotatable bonds is 7. The summed E-state index contributed by atoms with van der Waals surface area (Å²) in [4.78, 5) is 31.8. The molecule has 10 heteroatoms. The molecule has 0 bridgehead atoms. The van der Waals surface area contributed by atoms with Crippen LogP contribution in [0.15, 0.2) is 150 Å². The maximum absolute atomic E-state index is 11.3. The van der Waals surface area contributed by atoms with Crippen LogP contribution in [0.3, 0.4) is 0 Å². The molecule has 8 rings (SSSR count). The predicted octanol–water partition coefficient (Wildman–Crippen LogP) is 10.5. The second-order valence-corrected chi connectivity index (χ2v) is 12.9. The molecule has 0 aliphatic heterocycles. The summed E-state index contributed by atoms with van der Waals surface area (Å²) in [7, 11) is 0. The summed E-state index contributed by atoms with van der Waals surface area (Å²) in [6.07, 6.45) is 0. The fourth-order valence-corrected chi connectivity index (χ4v) is 6.79. The number of hydrogen-bond acceptors (Lipinski definition) is 9. The monoisotopic (exact) mass is 896 g/mol. The van der Waals surface area contributed by atoms with Crippen molar-refractivity contribution in [3.05, 3.63) is 156 Å². The van der Waals surface area contributed by atoms with Gasteiger partial charge in [0.15, 0.2) is 5.75 Å². The second-order valence-electron chi connectivity index (χ2n) is 11.1. The van der Waals surface area contributed by atoms with Gasteiger partial charge in [0.2, 0.25) is 0 Å². The van der Waals surface area contributed by atoms with E-state index in [0.717, 1.165) is 66.4 Å². The van der Waals surface area contributed by atoms with Crippen molar-refractivity contribution in [2.75, 3.05) is 0 Å². The van der Waals surface area contributed by atoms with E-state index in [9.17, 15) is 9.90 Å². The van der Waals surface area contributed by atoms with Gasteiger partial charge in [0, 0.05) is 33.6 Å². The summed E-state index contributed by atoms with van der Waals surface area (Å²) < 4.78 is 5.28. The number of hydrogen-bond donors (Lipinski definition) is 1. The average Bonchev–Trinajstić information content (AvgIpc) is 3.84. The first-order valence-electron chi connectivity index (χ1n) is 16.0. The summed E-state index contributed by atoms with van der Waals surface area (Å²) >= 11 is 2.96. The molecule has 0 aliphatic carbocycles. The van der Waals surface area contributed by atoms with Crippen molar-refractivity contribution in [1.82, 2.24) is 19.9 Å². The molecule has 0 amide bonds. The van der Waals surface area contributed by atoms with Crippen LogP contribution in [-0.2, 0) is 25.9 Å². The van der Waals surface area contributed by atoms with Gasteiger partial charge < -0.3 is 9.84 Å². The van der Waals surface area contributed by atoms with Gasteiger partial charge in [0.05, 0.1) is 49.6 Å². The molecule has 0 aliphatic rings. The van der Waals surface area contributed by atoms with E-state index in [1.54, 1.807) is 12.1 Å². The fraction of sp³-hybridized carbons (Fsp3) is 0.0238. The van der Waals surface area contributed by atoms with E-state index in [1.807, 2.05) is 138 Å². The zero-order chi connectivity index (χ0) is 35.0. The molecule has 0 fully saturated rings. The Balaban J connectivity index is 0.000000176. The standard InChI is InChI=1S/C22H16N2O2S.C20H13N2OS.Pt/c1-15(25)26-21-13-14-27-22(21)20-12-6-11-19(24-20)18-10-5-9-17(23-18)16-7-3-2-4-8-16;23-19-12-13-24-20(19)18-11-5-10-17(22-18)16-9-4-8-15(21-16)14-6-2-1-3-7-14;/h2-14H,1H3;1-6,8-13,23H;/q;-1;. The van der Waals surface area contributed by atoms with Crippen LogP contribution in [0.5, 0.6) is 11.5 Å². The minimum Gasteiger partial charge on any atom is -0.506 e. The van der Waals surface area contributed by atoms with Gasteiger partial charge in [0.1, 0.15) is 5.75 Å². The first-order chi connectivity index (χ1) is 25.0. The molecule has 2 aromatic carbocycles. The van der Waals surface area contributed by atoms with Gasteiger partial charge in [-0.25, -0.2) is 15.0 Å². The van der Waals surface area contributed by atoms with E-state index in [-0.39, 0.29) is 32.8 Å². The maximum Gasteiger partial charge on any atom is 0.308 e. The summed E-state index contributed by atoms with van der Waals surface area (Å²) in [5.74, 6) is 0.441. The minimum atomic E-state index is -0.344. The number of aromatic hydroxyl groups is 1. The molecule has 0 atom stereocenters. The number of aromatic nitrogens is 4. The molecular weight excluding hydrogens is 868 g/mol. The Bertz CT molecular complexity index is 2420. The molecule has 0 spiro atoms. The van der Waals surface area contributed by atoms with Crippen molar-refractivity contribution in [3.8, 4) is 77.9 Å². The number of benzene rings is 2. The van der Waals surface area contributed by atoms with E-state index in [1.165, 1.54) is 29.6 Å². The Labute approximate surface area is 323 Å². The number of nitrogens with zero attached hydrogens (tertiary/aromatic N) is 4. The minimum absolute atomic E-state index is 0. The molecule has 6 heterocycles. The van der Waals surface area contributed by atoms with Gasteiger partial charge in [-0.1, -0.05) is 60.7 Å². The number of esters is 1. The predicted molar refractivity (Wildman–Crippen MR) is 204 cm³/mol. The van der Waals surface area contributed by atoms with Gasteiger partial charge >= 0.3 is 5.97 Å². The first kappa shape index (κ1) is 36.2. The number of pyridine rings is 4. The molecule has 7 nitrogen and oxygen atoms in total. The van der Waals surface area contributed by atoms with Gasteiger partial charge in [-0.3, -0.25) is 9.78 Å². The topological polar surface area (TPSA) is 98.1 Å². The quantitative estimate of drug-likeness (QED) is 0.126. The Kier molecular flexibility index (Phi) is 11.9. The van der Waals surface area contributed by atoms with Crippen LogP contribution in [0.25, 0.3) is 66.4 Å². The molecular formula is C42H29N4O3PtS2-. The molecule has 1 N–H and O–H groups in total. The van der Waals surface area contributed by atoms with E-state index in [4.69, 9.17) is 19.7 Å². The van der Waals surface area contributed by atoms with Crippen molar-refractivity contribution in [2.45, 2.75) is 6.92 Å². The zero-order valence-corrected chi connectivity index (χ0v) is 31.5. The smallest absolute Gasteiger partial charge is 0.308 e. The van der Waals surface area contributed by atoms with Gasteiger partial charge in [-0.2, -0.15) is 0 Å². The van der Waals surface area contributed by atoms with Crippen molar-refractivity contribution in [2.24, 2.45) is 0 Å². The van der Waals surface area contributed by atoms with Crippen molar-refractivity contribution < 1.29 is 35.7 Å². The Morgan fingerprint density at radius 1 is 0.558 bits per heavy atom. The number of ether oxygens (including phenoxy) is 1. The summed E-state index contributed by atoms with van der Waals surface area (Å²) in [5, 5.41) is 13.6. The molecule has 6 aromatic heterocycles. The van der Waals surface area contributed by atoms with Crippen LogP contribution in [0.4, 0.5) is 0 Å². The van der Waals surface area contributed by atoms with Gasteiger partial charge in [-0.05, 0) is 71.1 Å². The molecule has 0 saturated heterocycles. The van der Waals surface area contributed by atoms with Gasteiger partial charge in [-0.15, -0.1) is 58.6 Å². The SMILES string of the molecule is CC(=O)Oc1ccsc1-c1cccc(-c2cccc(-c3ccccc3)n2)n1.Oc1ccsc1-c1cccc(-c2cccc(-c3[c-]cccc3)n2)n1.[Pt]. The van der Waals surface area contributed by atoms with Gasteiger partial charge in [0.25, 0.3) is 0 Å². The van der Waals surface area contributed by atoms with Crippen molar-refractivity contribution in [3.63, 3.8) is 0 Å². The molecule has 8 aromatic rings. The normalized spacial score (nSPS) is 10.4. The Morgan fingerprint density at radius 3 is 1.63 bits per heavy atom. The molecule has 52 heavy (non-hydrogen) atoms. The third-order valence-corrected chi connectivity index (χ3v) is 9.41. The van der Waals surface area contributed by atoms with Crippen LogP contribution in [0.2, 0.25) is 0 Å². The Hall–Kier alpha value is -5.60. The van der Waals surface area contributed by atoms with Crippen LogP contribution in [0, 0.1) is 6.07 Å². The van der Waals surface area contributed by atoms with Crippen LogP contribution in [-0.4, -0.2) is 31.0 Å². The van der Waals surface area contributed by atoms with E-state index in [0.29, 0.717) is 5.75 Å². The Morgan fingerprint density at radius 2 is 1.06 bits per heavy atom. The fourth-order valence-electron chi connectivity index (χ4n) is 5.25. The number of thiophene rings is 2. The molecule has 0 radical (unpaired) electrons. The first-order valence-corrected chi connectivity index (χ1v) is 17.7. The van der Waals surface area contributed by atoms with Crippen molar-refractivity contribution in [1.29, 1.82) is 0 Å². The maximum atomic E-state index is 11.3. The summed E-state index contributed by atoms with van der Waals surface area (Å²) in [5.41, 5.74) is 8.41. The third-order valence-electron chi connectivity index (χ3n) is 7.57. The van der Waals surface area contributed by atoms with Crippen LogP contribution in [0.1, 0.15) is 6.92 Å². The summed E-state index contributed by atoms with van der Waals surface area (Å²) in [6, 6.07) is 47.8. The summed E-state index contributed by atoms with van der Waals surface area (Å²) in [6.45, 7) is 1.39. The zero-order valence-electron chi connectivity index (χ0n) is 27.6. The van der Waals surface area contributed by atoms with Crippen LogP contribution < -0.4 is 4.74 Å². The van der Waals surface area contributed by atoms with E-state index >= 15 is 0 Å². The third kappa shape index (κ3) is 8.64. The van der Waals surface area contributed by atoms with E-state index < -0.39 is 0 Å². The van der Waals surface area contributed by atoms with Crippen LogP contribution >= 0.6 is 22.7 Å². The second kappa shape index (κ2) is 17.1. The van der Waals surface area contributed by atoms with E-state index in [2.05, 4.69) is 11.1 Å². The average molecular weight is 897 g/mol. The molecule has 258 valence electrons. The van der Waals surface area contributed by atoms with Crippen molar-refractivity contribution >= 4 is 28.6 Å². The molecule has 0 saturated carbocycles. The number of carbonyl (C=O) groups is 1.